The first-order chi connectivity index (χ1) is 9.54. The number of nitrogens with zero attached hydrogens (tertiary/aromatic N) is 1. The van der Waals surface area contributed by atoms with E-state index in [1.807, 2.05) is 0 Å². The molecule has 1 aromatic rings. The summed E-state index contributed by atoms with van der Waals surface area (Å²) in [7, 11) is 3.27. The van der Waals surface area contributed by atoms with Gasteiger partial charge in [-0.3, -0.25) is 9.59 Å². The van der Waals surface area contributed by atoms with Gasteiger partial charge in [0.15, 0.2) is 0 Å². The number of carbonyl (C=O) groups is 2. The Labute approximate surface area is 118 Å². The summed E-state index contributed by atoms with van der Waals surface area (Å²) < 4.78 is 5.08. The number of hydrogen-bond donors (Lipinski definition) is 1. The zero-order valence-electron chi connectivity index (χ0n) is 11.7. The third kappa shape index (κ3) is 2.76. The minimum absolute atomic E-state index is 0.125. The summed E-state index contributed by atoms with van der Waals surface area (Å²) in [5.41, 5.74) is 0.742. The number of hydrogen-bond acceptors (Lipinski definition) is 3. The maximum Gasteiger partial charge on any atom is 0.307 e. The summed E-state index contributed by atoms with van der Waals surface area (Å²) in [6.07, 6.45) is 2.03. The van der Waals surface area contributed by atoms with Crippen molar-refractivity contribution in [3.63, 3.8) is 0 Å². The lowest BCUT2D eigenvalue weighted by atomic mass is 9.94. The van der Waals surface area contributed by atoms with Gasteiger partial charge >= 0.3 is 5.97 Å². The smallest absolute Gasteiger partial charge is 0.307 e. The highest BCUT2D eigenvalue weighted by molar-refractivity contribution is 5.97. The molecule has 0 bridgehead atoms. The van der Waals surface area contributed by atoms with Gasteiger partial charge in [-0.2, -0.15) is 0 Å². The molecule has 2 rings (SSSR count). The lowest BCUT2D eigenvalue weighted by molar-refractivity contribution is -0.145. The minimum Gasteiger partial charge on any atom is -0.497 e. The van der Waals surface area contributed by atoms with Crippen LogP contribution in [0.3, 0.4) is 0 Å². The van der Waals surface area contributed by atoms with Crippen LogP contribution in [0.2, 0.25) is 0 Å². The second-order valence-corrected chi connectivity index (χ2v) is 5.08. The lowest BCUT2D eigenvalue weighted by Gasteiger charge is -2.23. The van der Waals surface area contributed by atoms with Crippen LogP contribution >= 0.6 is 0 Å². The number of carboxylic acid groups (broad SMARTS) is 1. The summed E-state index contributed by atoms with van der Waals surface area (Å²) >= 11 is 0. The van der Waals surface area contributed by atoms with Crippen LogP contribution in [0.25, 0.3) is 0 Å². The van der Waals surface area contributed by atoms with Gasteiger partial charge in [0.1, 0.15) is 5.75 Å². The van der Waals surface area contributed by atoms with Crippen molar-refractivity contribution >= 4 is 17.6 Å². The van der Waals surface area contributed by atoms with Crippen molar-refractivity contribution in [3.8, 4) is 5.75 Å². The molecule has 0 saturated heterocycles. The molecule has 0 spiro atoms. The predicted octanol–water partition coefficient (Wildman–Crippen LogP) is 2.16. The Hall–Kier alpha value is -2.04. The van der Waals surface area contributed by atoms with Gasteiger partial charge in [0.2, 0.25) is 5.91 Å². The van der Waals surface area contributed by atoms with Gasteiger partial charge in [-0.25, -0.2) is 0 Å². The Morgan fingerprint density at radius 1 is 1.20 bits per heavy atom. The predicted molar refractivity (Wildman–Crippen MR) is 74.9 cm³/mol. The summed E-state index contributed by atoms with van der Waals surface area (Å²) in [5.74, 6) is -1.24. The molecule has 20 heavy (non-hydrogen) atoms. The largest absolute Gasteiger partial charge is 0.497 e. The Bertz CT molecular complexity index is 497. The number of aliphatic carboxylic acids is 1. The molecular weight excluding hydrogens is 258 g/mol. The molecular formula is C15H19NO4. The summed E-state index contributed by atoms with van der Waals surface area (Å²) in [6.45, 7) is 0. The van der Waals surface area contributed by atoms with Crippen molar-refractivity contribution in [2.45, 2.75) is 19.3 Å². The molecule has 2 atom stereocenters. The van der Waals surface area contributed by atoms with E-state index in [4.69, 9.17) is 9.84 Å². The molecule has 2 unspecified atom stereocenters. The van der Waals surface area contributed by atoms with Crippen molar-refractivity contribution in [3.05, 3.63) is 24.3 Å². The molecule has 1 aromatic carbocycles. The maximum absolute atomic E-state index is 12.4. The van der Waals surface area contributed by atoms with Crippen molar-refractivity contribution in [2.75, 3.05) is 19.1 Å². The number of ether oxygens (including phenoxy) is 1. The quantitative estimate of drug-likeness (QED) is 0.915. The second kappa shape index (κ2) is 5.94. The molecule has 5 heteroatoms. The number of carboxylic acids is 1. The van der Waals surface area contributed by atoms with Gasteiger partial charge in [0.25, 0.3) is 0 Å². The SMILES string of the molecule is COc1ccc(N(C)C(=O)C2CCCC2C(=O)O)cc1. The molecule has 108 valence electrons. The second-order valence-electron chi connectivity index (χ2n) is 5.08. The summed E-state index contributed by atoms with van der Waals surface area (Å²) in [6, 6.07) is 7.15. The fourth-order valence-electron chi connectivity index (χ4n) is 2.73. The Kier molecular flexibility index (Phi) is 4.27. The first-order valence-electron chi connectivity index (χ1n) is 6.69. The minimum atomic E-state index is -0.871. The summed E-state index contributed by atoms with van der Waals surface area (Å²) in [5, 5.41) is 9.17. The zero-order chi connectivity index (χ0) is 14.7. The number of carbonyl (C=O) groups excluding carboxylic acids is 1. The van der Waals surface area contributed by atoms with Crippen molar-refractivity contribution in [1.29, 1.82) is 0 Å². The van der Waals surface area contributed by atoms with Crippen LogP contribution in [0.1, 0.15) is 19.3 Å². The number of rotatable bonds is 4. The van der Waals surface area contributed by atoms with Gasteiger partial charge < -0.3 is 14.7 Å². The molecule has 1 fully saturated rings. The number of anilines is 1. The molecule has 1 amide bonds. The zero-order valence-corrected chi connectivity index (χ0v) is 11.7. The highest BCUT2D eigenvalue weighted by Gasteiger charge is 2.39. The van der Waals surface area contributed by atoms with Crippen LogP contribution in [0, 0.1) is 11.8 Å². The molecule has 1 aliphatic carbocycles. The third-order valence-electron chi connectivity index (χ3n) is 3.94. The number of amides is 1. The molecule has 1 aliphatic rings. The van der Waals surface area contributed by atoms with Crippen LogP contribution in [0.15, 0.2) is 24.3 Å². The van der Waals surface area contributed by atoms with Crippen LogP contribution in [-0.2, 0) is 9.59 Å². The third-order valence-corrected chi connectivity index (χ3v) is 3.94. The van der Waals surface area contributed by atoms with Gasteiger partial charge in [-0.15, -0.1) is 0 Å². The molecule has 0 aromatic heterocycles. The molecule has 1 N–H and O–H groups in total. The van der Waals surface area contributed by atoms with Gasteiger partial charge in [-0.05, 0) is 37.1 Å². The Morgan fingerprint density at radius 3 is 2.35 bits per heavy atom. The average molecular weight is 277 g/mol. The average Bonchev–Trinajstić information content (AvgIpc) is 2.95. The van der Waals surface area contributed by atoms with Gasteiger partial charge in [0, 0.05) is 12.7 Å². The van der Waals surface area contributed by atoms with E-state index in [0.29, 0.717) is 12.8 Å². The Balaban J connectivity index is 2.13. The number of methoxy groups -OCH3 is 1. The van der Waals surface area contributed by atoms with E-state index in [1.165, 1.54) is 4.90 Å². The van der Waals surface area contributed by atoms with E-state index in [2.05, 4.69) is 0 Å². The van der Waals surface area contributed by atoms with E-state index in [0.717, 1.165) is 17.9 Å². The van der Waals surface area contributed by atoms with Crippen LogP contribution in [0.5, 0.6) is 5.75 Å². The normalized spacial score (nSPS) is 21.5. The van der Waals surface area contributed by atoms with Crippen molar-refractivity contribution < 1.29 is 19.4 Å². The van der Waals surface area contributed by atoms with Crippen LogP contribution < -0.4 is 9.64 Å². The highest BCUT2D eigenvalue weighted by atomic mass is 16.5. The van der Waals surface area contributed by atoms with E-state index >= 15 is 0 Å². The van der Waals surface area contributed by atoms with E-state index in [1.54, 1.807) is 38.4 Å². The lowest BCUT2D eigenvalue weighted by Crippen LogP contribution is -2.36. The monoisotopic (exact) mass is 277 g/mol. The molecule has 0 heterocycles. The van der Waals surface area contributed by atoms with Gasteiger partial charge in [-0.1, -0.05) is 6.42 Å². The van der Waals surface area contributed by atoms with Crippen molar-refractivity contribution in [2.24, 2.45) is 11.8 Å². The van der Waals surface area contributed by atoms with E-state index in [9.17, 15) is 9.59 Å². The molecule has 0 radical (unpaired) electrons. The maximum atomic E-state index is 12.4. The first kappa shape index (κ1) is 14.4. The molecule has 5 nitrogen and oxygen atoms in total. The van der Waals surface area contributed by atoms with Crippen molar-refractivity contribution in [1.82, 2.24) is 0 Å². The first-order valence-corrected chi connectivity index (χ1v) is 6.69. The summed E-state index contributed by atoms with van der Waals surface area (Å²) in [4.78, 5) is 25.2. The van der Waals surface area contributed by atoms with E-state index < -0.39 is 17.8 Å². The topological polar surface area (TPSA) is 66.8 Å². The molecule has 0 aliphatic heterocycles. The Morgan fingerprint density at radius 2 is 1.80 bits per heavy atom. The van der Waals surface area contributed by atoms with Crippen LogP contribution in [-0.4, -0.2) is 31.1 Å². The van der Waals surface area contributed by atoms with Crippen LogP contribution in [0.4, 0.5) is 5.69 Å². The van der Waals surface area contributed by atoms with Gasteiger partial charge in [0.05, 0.1) is 18.9 Å². The molecule has 1 saturated carbocycles. The fraction of sp³-hybridized carbons (Fsp3) is 0.467. The fourth-order valence-corrected chi connectivity index (χ4v) is 2.73. The highest BCUT2D eigenvalue weighted by Crippen LogP contribution is 2.34. The van der Waals surface area contributed by atoms with E-state index in [-0.39, 0.29) is 5.91 Å². The standard InChI is InChI=1S/C15H19NO4/c1-16(10-6-8-11(20-2)9-7-10)14(17)12-4-3-5-13(12)15(18)19/h6-9,12-13H,3-5H2,1-2H3,(H,18,19). The number of benzene rings is 1.